The molecule has 0 aliphatic rings. The number of unbranched alkanes of at least 4 members (excludes halogenated alkanes) is 4. The first-order chi connectivity index (χ1) is 6.39. The van der Waals surface area contributed by atoms with E-state index in [0.717, 1.165) is 25.7 Å². The average molecular weight is 224 g/mol. The molecule has 0 unspecified atom stereocenters. The van der Waals surface area contributed by atoms with Gasteiger partial charge in [-0.15, -0.1) is 0 Å². The molecule has 0 spiro atoms. The van der Waals surface area contributed by atoms with Gasteiger partial charge in [0.2, 0.25) is 0 Å². The molecule has 0 heterocycles. The van der Waals surface area contributed by atoms with E-state index in [-0.39, 0.29) is 11.5 Å². The smallest absolute Gasteiger partial charge is 0.0826 e. The zero-order chi connectivity index (χ0) is 11.1. The lowest BCUT2D eigenvalue weighted by Gasteiger charge is -2.30. The van der Waals surface area contributed by atoms with Crippen LogP contribution in [0.2, 0.25) is 0 Å². The van der Waals surface area contributed by atoms with Crippen molar-refractivity contribution in [3.05, 3.63) is 0 Å². The summed E-state index contributed by atoms with van der Waals surface area (Å²) < 4.78 is 30.7. The third-order valence-corrected chi connectivity index (χ3v) is 4.53. The first kappa shape index (κ1) is 14.1. The van der Waals surface area contributed by atoms with Gasteiger partial charge in [-0.2, -0.15) is 0 Å². The van der Waals surface area contributed by atoms with Crippen LogP contribution in [0.5, 0.6) is 0 Å². The van der Waals surface area contributed by atoms with Gasteiger partial charge in [0.25, 0.3) is 0 Å². The van der Waals surface area contributed by atoms with Crippen LogP contribution in [-0.2, 0) is 9.63 Å². The maximum atomic E-state index is 11.6. The summed E-state index contributed by atoms with van der Waals surface area (Å²) in [7, 11) is -4.25. The zero-order valence-electron chi connectivity index (χ0n) is 9.37. The Bertz CT molecular complexity index is 191. The lowest BCUT2D eigenvalue weighted by atomic mass is 10.3. The van der Waals surface area contributed by atoms with Crippen LogP contribution < -0.4 is 0 Å². The molecule has 0 aromatic heterocycles. The maximum absolute atomic E-state index is 11.6. The van der Waals surface area contributed by atoms with E-state index in [4.69, 9.17) is 0 Å². The Morgan fingerprint density at radius 1 is 0.857 bits per heavy atom. The molecule has 0 saturated carbocycles. The molecule has 0 fully saturated rings. The highest BCUT2D eigenvalue weighted by Gasteiger charge is 2.27. The zero-order valence-corrected chi connectivity index (χ0v) is 10.2. The molecule has 0 aromatic carbocycles. The minimum Gasteiger partial charge on any atom is -0.308 e. The van der Waals surface area contributed by atoms with Gasteiger partial charge in [-0.05, 0) is 12.8 Å². The first-order valence-electron chi connectivity index (χ1n) is 5.52. The maximum Gasteiger partial charge on any atom is 0.0826 e. The lowest BCUT2D eigenvalue weighted by molar-refractivity contribution is 0.385. The predicted octanol–water partition coefficient (Wildman–Crippen LogP) is 3.13. The molecule has 0 radical (unpaired) electrons. The normalized spacial score (nSPS) is 15.0. The molecule has 14 heavy (non-hydrogen) atoms. The van der Waals surface area contributed by atoms with Crippen molar-refractivity contribution in [2.24, 2.45) is 0 Å². The molecule has 0 aliphatic carbocycles. The third-order valence-electron chi connectivity index (χ3n) is 2.32. The summed E-state index contributed by atoms with van der Waals surface area (Å²) in [5.41, 5.74) is 0. The van der Waals surface area contributed by atoms with E-state index in [1.807, 2.05) is 13.8 Å². The number of hydrogen-bond donors (Lipinski definition) is 2. The molecule has 3 nitrogen and oxygen atoms in total. The van der Waals surface area contributed by atoms with Gasteiger partial charge in [-0.25, -0.2) is 4.21 Å². The summed E-state index contributed by atoms with van der Waals surface area (Å²) in [5.74, 6) is 0.101. The van der Waals surface area contributed by atoms with Crippen molar-refractivity contribution in [1.82, 2.24) is 0 Å². The Labute approximate surface area is 87.3 Å². The van der Waals surface area contributed by atoms with Gasteiger partial charge in [0, 0.05) is 11.5 Å². The van der Waals surface area contributed by atoms with Crippen LogP contribution in [0.25, 0.3) is 0 Å². The van der Waals surface area contributed by atoms with Gasteiger partial charge in [-0.3, -0.25) is 0 Å². The molecular weight excluding hydrogens is 200 g/mol. The van der Waals surface area contributed by atoms with Gasteiger partial charge in [0.1, 0.15) is 0 Å². The SMILES string of the molecule is CCCCCS(=O)(O)(O)CCCCC. The molecule has 0 rings (SSSR count). The molecule has 0 atom stereocenters. The van der Waals surface area contributed by atoms with Crippen LogP contribution in [0.4, 0.5) is 0 Å². The van der Waals surface area contributed by atoms with Crippen LogP contribution in [0.15, 0.2) is 0 Å². The van der Waals surface area contributed by atoms with Crippen molar-refractivity contribution in [1.29, 1.82) is 0 Å². The topological polar surface area (TPSA) is 57.5 Å². The quantitative estimate of drug-likeness (QED) is 0.623. The highest BCUT2D eigenvalue weighted by molar-refractivity contribution is 8.10. The molecule has 0 amide bonds. The van der Waals surface area contributed by atoms with Gasteiger partial charge in [0.05, 0.1) is 9.63 Å². The minimum atomic E-state index is -4.25. The fourth-order valence-corrected chi connectivity index (χ4v) is 3.16. The van der Waals surface area contributed by atoms with E-state index in [1.165, 1.54) is 0 Å². The molecule has 0 saturated heterocycles. The summed E-state index contributed by atoms with van der Waals surface area (Å²) in [4.78, 5) is 0. The number of rotatable bonds is 8. The van der Waals surface area contributed by atoms with E-state index in [2.05, 4.69) is 0 Å². The average Bonchev–Trinajstić information content (AvgIpc) is 2.04. The van der Waals surface area contributed by atoms with Crippen molar-refractivity contribution < 1.29 is 13.3 Å². The van der Waals surface area contributed by atoms with Crippen LogP contribution in [0.1, 0.15) is 52.4 Å². The fraction of sp³-hybridized carbons (Fsp3) is 1.00. The van der Waals surface area contributed by atoms with E-state index in [1.54, 1.807) is 0 Å². The van der Waals surface area contributed by atoms with Crippen molar-refractivity contribution >= 4 is 9.63 Å². The second-order valence-electron chi connectivity index (χ2n) is 4.01. The van der Waals surface area contributed by atoms with Crippen LogP contribution in [-0.4, -0.2) is 24.8 Å². The van der Waals surface area contributed by atoms with Gasteiger partial charge < -0.3 is 9.11 Å². The van der Waals surface area contributed by atoms with Gasteiger partial charge >= 0.3 is 0 Å². The second kappa shape index (κ2) is 5.83. The molecule has 0 bridgehead atoms. The van der Waals surface area contributed by atoms with E-state index >= 15 is 0 Å². The Balaban J connectivity index is 3.89. The summed E-state index contributed by atoms with van der Waals surface area (Å²) in [6, 6.07) is 0. The van der Waals surface area contributed by atoms with Crippen molar-refractivity contribution in [3.8, 4) is 0 Å². The monoisotopic (exact) mass is 224 g/mol. The van der Waals surface area contributed by atoms with Gasteiger partial charge in [-0.1, -0.05) is 39.5 Å². The Morgan fingerprint density at radius 3 is 1.50 bits per heavy atom. The Kier molecular flexibility index (Phi) is 5.86. The summed E-state index contributed by atoms with van der Waals surface area (Å²) in [6.07, 6.45) is 5.09. The van der Waals surface area contributed by atoms with E-state index in [0.29, 0.717) is 12.8 Å². The Hall–Kier alpha value is 0.0700. The van der Waals surface area contributed by atoms with Crippen LogP contribution in [0, 0.1) is 0 Å². The molecule has 0 aliphatic heterocycles. The second-order valence-corrected chi connectivity index (χ2v) is 7.20. The first-order valence-corrected chi connectivity index (χ1v) is 7.74. The molecule has 4 heteroatoms. The standard InChI is InChI=1S/C10H24O3S/c1-3-5-7-9-14(11,12,13)10-8-6-4-2/h3-10H2,1-2H3,(H2,11,12,13). The van der Waals surface area contributed by atoms with E-state index in [9.17, 15) is 13.3 Å². The van der Waals surface area contributed by atoms with Crippen LogP contribution in [0.3, 0.4) is 0 Å². The van der Waals surface area contributed by atoms with Crippen molar-refractivity contribution in [3.63, 3.8) is 0 Å². The van der Waals surface area contributed by atoms with E-state index < -0.39 is 9.63 Å². The fourth-order valence-electron chi connectivity index (χ4n) is 1.39. The minimum absolute atomic E-state index is 0.0504. The lowest BCUT2D eigenvalue weighted by Crippen LogP contribution is -2.38. The van der Waals surface area contributed by atoms with Crippen molar-refractivity contribution in [2.45, 2.75) is 52.4 Å². The van der Waals surface area contributed by atoms with Gasteiger partial charge in [0.15, 0.2) is 0 Å². The third kappa shape index (κ3) is 7.47. The highest BCUT2D eigenvalue weighted by atomic mass is 32.3. The summed E-state index contributed by atoms with van der Waals surface area (Å²) >= 11 is 0. The molecular formula is C10H24O3S. The molecule has 0 aromatic rings. The number of hydrogen-bond acceptors (Lipinski definition) is 1. The Morgan fingerprint density at radius 2 is 1.21 bits per heavy atom. The van der Waals surface area contributed by atoms with Crippen molar-refractivity contribution in [2.75, 3.05) is 11.5 Å². The van der Waals surface area contributed by atoms with Crippen LogP contribution >= 0.6 is 0 Å². The summed E-state index contributed by atoms with van der Waals surface area (Å²) in [5, 5.41) is 0. The summed E-state index contributed by atoms with van der Waals surface area (Å²) in [6.45, 7) is 4.06. The molecule has 2 N–H and O–H groups in total. The predicted molar refractivity (Wildman–Crippen MR) is 62.2 cm³/mol. The molecule has 88 valence electrons. The highest BCUT2D eigenvalue weighted by Crippen LogP contribution is 2.21. The largest absolute Gasteiger partial charge is 0.308 e.